The van der Waals surface area contributed by atoms with Gasteiger partial charge >= 0.3 is 0 Å². The number of amides is 2. The van der Waals surface area contributed by atoms with Crippen LogP contribution >= 0.6 is 0 Å². The summed E-state index contributed by atoms with van der Waals surface area (Å²) in [4.78, 5) is 25.3. The highest BCUT2D eigenvalue weighted by molar-refractivity contribution is 6.00. The number of carbonyl (C=O) groups is 2. The molecule has 0 aliphatic heterocycles. The van der Waals surface area contributed by atoms with Gasteiger partial charge in [0.05, 0.1) is 6.17 Å². The van der Waals surface area contributed by atoms with Crippen LogP contribution < -0.4 is 16.4 Å². The topological polar surface area (TPSA) is 84.2 Å². The molecule has 0 aliphatic carbocycles. The monoisotopic (exact) mass is 369 g/mol. The van der Waals surface area contributed by atoms with Gasteiger partial charge in [0.1, 0.15) is 6.04 Å². The number of rotatable bonds is 9. The van der Waals surface area contributed by atoms with Gasteiger partial charge in [0.2, 0.25) is 5.91 Å². The smallest absolute Gasteiger partial charge is 0.251 e. The van der Waals surface area contributed by atoms with Crippen LogP contribution in [0.15, 0.2) is 42.5 Å². The molecule has 2 atom stereocenters. The molecule has 0 unspecified atom stereocenters. The van der Waals surface area contributed by atoms with Gasteiger partial charge in [-0.3, -0.25) is 9.59 Å². The van der Waals surface area contributed by atoms with E-state index in [1.807, 2.05) is 50.2 Å². The van der Waals surface area contributed by atoms with Gasteiger partial charge in [-0.2, -0.15) is 0 Å². The van der Waals surface area contributed by atoms with E-state index < -0.39 is 6.04 Å². The minimum Gasteiger partial charge on any atom is -0.340 e. The SMILES string of the molecule is CCCC[C@@H](N)NC(=O)[C@H](CC(C)C)NC(=O)c1ccc2ccccc2c1. The molecule has 0 bridgehead atoms. The molecule has 0 spiro atoms. The second-order valence-electron chi connectivity index (χ2n) is 7.47. The van der Waals surface area contributed by atoms with Crippen molar-refractivity contribution in [1.82, 2.24) is 10.6 Å². The Bertz CT molecular complexity index is 773. The zero-order valence-corrected chi connectivity index (χ0v) is 16.5. The van der Waals surface area contributed by atoms with Crippen LogP contribution in [0.4, 0.5) is 0 Å². The molecule has 0 saturated heterocycles. The van der Waals surface area contributed by atoms with Crippen molar-refractivity contribution >= 4 is 22.6 Å². The summed E-state index contributed by atoms with van der Waals surface area (Å²) >= 11 is 0. The van der Waals surface area contributed by atoms with Crippen LogP contribution in [0.1, 0.15) is 56.8 Å². The van der Waals surface area contributed by atoms with Crippen molar-refractivity contribution in [3.8, 4) is 0 Å². The van der Waals surface area contributed by atoms with E-state index in [0.717, 1.165) is 30.0 Å². The van der Waals surface area contributed by atoms with Crippen LogP contribution in [0.3, 0.4) is 0 Å². The Morgan fingerprint density at radius 1 is 1.04 bits per heavy atom. The van der Waals surface area contributed by atoms with E-state index in [2.05, 4.69) is 17.6 Å². The van der Waals surface area contributed by atoms with E-state index in [1.165, 1.54) is 0 Å². The van der Waals surface area contributed by atoms with Gasteiger partial charge in [-0.25, -0.2) is 0 Å². The number of nitrogens with one attached hydrogen (secondary N) is 2. The number of carbonyl (C=O) groups excluding carboxylic acids is 2. The van der Waals surface area contributed by atoms with Gasteiger partial charge in [0.15, 0.2) is 0 Å². The van der Waals surface area contributed by atoms with E-state index in [-0.39, 0.29) is 23.9 Å². The predicted octanol–water partition coefficient (Wildman–Crippen LogP) is 3.58. The molecule has 0 radical (unpaired) electrons. The van der Waals surface area contributed by atoms with Gasteiger partial charge in [-0.1, -0.05) is 63.9 Å². The molecule has 146 valence electrons. The fourth-order valence-corrected chi connectivity index (χ4v) is 3.05. The van der Waals surface area contributed by atoms with Crippen molar-refractivity contribution in [2.75, 3.05) is 0 Å². The molecule has 4 N–H and O–H groups in total. The molecule has 5 nitrogen and oxygen atoms in total. The fraction of sp³-hybridized carbons (Fsp3) is 0.455. The first-order valence-electron chi connectivity index (χ1n) is 9.76. The average molecular weight is 370 g/mol. The lowest BCUT2D eigenvalue weighted by Gasteiger charge is -2.22. The third-order valence-electron chi connectivity index (χ3n) is 4.54. The maximum Gasteiger partial charge on any atom is 0.251 e. The van der Waals surface area contributed by atoms with Crippen LogP contribution in [0.25, 0.3) is 10.8 Å². The lowest BCUT2D eigenvalue weighted by molar-refractivity contribution is -0.124. The Hall–Kier alpha value is -2.40. The summed E-state index contributed by atoms with van der Waals surface area (Å²) in [7, 11) is 0. The van der Waals surface area contributed by atoms with Gasteiger partial charge in [0, 0.05) is 5.56 Å². The van der Waals surface area contributed by atoms with E-state index in [0.29, 0.717) is 12.0 Å². The molecule has 0 aromatic heterocycles. The predicted molar refractivity (Wildman–Crippen MR) is 110 cm³/mol. The van der Waals surface area contributed by atoms with Crippen LogP contribution in [-0.2, 0) is 4.79 Å². The minimum atomic E-state index is -0.600. The first-order chi connectivity index (χ1) is 12.9. The number of hydrogen-bond acceptors (Lipinski definition) is 3. The highest BCUT2D eigenvalue weighted by Gasteiger charge is 2.23. The zero-order chi connectivity index (χ0) is 19.8. The maximum atomic E-state index is 12.7. The standard InChI is InChI=1S/C22H31N3O2/c1-4-5-10-20(23)25-22(27)19(13-15(2)3)24-21(26)18-12-11-16-8-6-7-9-17(16)14-18/h6-9,11-12,14-15,19-20H,4-5,10,13,23H2,1-3H3,(H,24,26)(H,25,27)/t19-,20-/m0/s1. The number of benzene rings is 2. The molecule has 5 heteroatoms. The fourth-order valence-electron chi connectivity index (χ4n) is 3.05. The van der Waals surface area contributed by atoms with E-state index in [1.54, 1.807) is 6.07 Å². The summed E-state index contributed by atoms with van der Waals surface area (Å²) in [5.41, 5.74) is 6.54. The lowest BCUT2D eigenvalue weighted by Crippen LogP contribution is -2.52. The van der Waals surface area contributed by atoms with Crippen molar-refractivity contribution in [1.29, 1.82) is 0 Å². The number of fused-ring (bicyclic) bond motifs is 1. The van der Waals surface area contributed by atoms with Crippen LogP contribution in [-0.4, -0.2) is 24.0 Å². The Balaban J connectivity index is 2.08. The van der Waals surface area contributed by atoms with Crippen LogP contribution in [0, 0.1) is 5.92 Å². The van der Waals surface area contributed by atoms with Gasteiger partial charge in [-0.15, -0.1) is 0 Å². The number of nitrogens with two attached hydrogens (primary N) is 1. The Labute approximate surface area is 161 Å². The molecule has 2 rings (SSSR count). The average Bonchev–Trinajstić information content (AvgIpc) is 2.64. The van der Waals surface area contributed by atoms with Crippen molar-refractivity contribution in [2.24, 2.45) is 11.7 Å². The van der Waals surface area contributed by atoms with Gasteiger partial charge in [0.25, 0.3) is 5.91 Å². The Morgan fingerprint density at radius 3 is 2.41 bits per heavy atom. The van der Waals surface area contributed by atoms with Crippen LogP contribution in [0.2, 0.25) is 0 Å². The third kappa shape index (κ3) is 6.36. The molecule has 0 saturated carbocycles. The lowest BCUT2D eigenvalue weighted by atomic mass is 10.0. The second kappa shape index (κ2) is 10.1. The van der Waals surface area contributed by atoms with Crippen molar-refractivity contribution < 1.29 is 9.59 Å². The summed E-state index contributed by atoms with van der Waals surface area (Å²) in [6.07, 6.45) is 2.89. The first kappa shape index (κ1) is 20.9. The summed E-state index contributed by atoms with van der Waals surface area (Å²) in [6, 6.07) is 12.8. The van der Waals surface area contributed by atoms with Gasteiger partial charge in [-0.05, 0) is 41.7 Å². The molecule has 2 aromatic carbocycles. The quantitative estimate of drug-likeness (QED) is 0.591. The van der Waals surface area contributed by atoms with Crippen molar-refractivity contribution in [3.05, 3.63) is 48.0 Å². The molecular formula is C22H31N3O2. The van der Waals surface area contributed by atoms with E-state index in [9.17, 15) is 9.59 Å². The molecule has 0 fully saturated rings. The highest BCUT2D eigenvalue weighted by Crippen LogP contribution is 2.16. The molecule has 2 amide bonds. The van der Waals surface area contributed by atoms with E-state index >= 15 is 0 Å². The maximum absolute atomic E-state index is 12.7. The highest BCUT2D eigenvalue weighted by atomic mass is 16.2. The summed E-state index contributed by atoms with van der Waals surface area (Å²) in [5, 5.41) is 7.79. The minimum absolute atomic E-state index is 0.221. The second-order valence-corrected chi connectivity index (χ2v) is 7.47. The summed E-state index contributed by atoms with van der Waals surface area (Å²) in [6.45, 7) is 6.14. The molecule has 2 aromatic rings. The van der Waals surface area contributed by atoms with E-state index in [4.69, 9.17) is 5.73 Å². The summed E-state index contributed by atoms with van der Waals surface area (Å²) in [5.74, 6) is -0.199. The number of unbranched alkanes of at least 4 members (excludes halogenated alkanes) is 1. The van der Waals surface area contributed by atoms with Crippen molar-refractivity contribution in [3.63, 3.8) is 0 Å². The van der Waals surface area contributed by atoms with Gasteiger partial charge < -0.3 is 16.4 Å². The Morgan fingerprint density at radius 2 is 1.74 bits per heavy atom. The zero-order valence-electron chi connectivity index (χ0n) is 16.5. The largest absolute Gasteiger partial charge is 0.340 e. The third-order valence-corrected chi connectivity index (χ3v) is 4.54. The number of hydrogen-bond donors (Lipinski definition) is 3. The Kier molecular flexibility index (Phi) is 7.80. The first-order valence-corrected chi connectivity index (χ1v) is 9.76. The normalized spacial score (nSPS) is 13.4. The summed E-state index contributed by atoms with van der Waals surface area (Å²) < 4.78 is 0. The molecule has 0 heterocycles. The van der Waals surface area contributed by atoms with Crippen molar-refractivity contribution in [2.45, 2.75) is 58.7 Å². The molecule has 27 heavy (non-hydrogen) atoms. The molecular weight excluding hydrogens is 338 g/mol. The molecule has 0 aliphatic rings. The van der Waals surface area contributed by atoms with Crippen LogP contribution in [0.5, 0.6) is 0 Å².